The van der Waals surface area contributed by atoms with Crippen LogP contribution in [0.5, 0.6) is 0 Å². The smallest absolute Gasteiger partial charge is 0.0697 e. The molecule has 1 N–H and O–H groups in total. The molecule has 13 heavy (non-hydrogen) atoms. The molecule has 0 radical (unpaired) electrons. The molecular weight excluding hydrogens is 162 g/mol. The van der Waals surface area contributed by atoms with E-state index in [1.807, 2.05) is 0 Å². The summed E-state index contributed by atoms with van der Waals surface area (Å²) in [4.78, 5) is 2.15. The van der Waals surface area contributed by atoms with Crippen LogP contribution in [0.1, 0.15) is 33.1 Å². The van der Waals surface area contributed by atoms with Gasteiger partial charge in [0.2, 0.25) is 0 Å². The van der Waals surface area contributed by atoms with Gasteiger partial charge in [0.25, 0.3) is 0 Å². The largest absolute Gasteiger partial charge is 0.391 e. The molecule has 0 saturated heterocycles. The molecule has 2 heteroatoms. The lowest BCUT2D eigenvalue weighted by molar-refractivity contribution is 0.0132. The van der Waals surface area contributed by atoms with Crippen molar-refractivity contribution in [1.82, 2.24) is 4.90 Å². The first-order chi connectivity index (χ1) is 6.02. The van der Waals surface area contributed by atoms with Gasteiger partial charge >= 0.3 is 0 Å². The molecule has 0 amide bonds. The van der Waals surface area contributed by atoms with Gasteiger partial charge in [-0.05, 0) is 45.2 Å². The van der Waals surface area contributed by atoms with Gasteiger partial charge in [-0.2, -0.15) is 0 Å². The van der Waals surface area contributed by atoms with E-state index in [-0.39, 0.29) is 6.10 Å². The maximum atomic E-state index is 9.92. The topological polar surface area (TPSA) is 23.5 Å². The number of aliphatic hydroxyl groups excluding tert-OH is 1. The van der Waals surface area contributed by atoms with Crippen LogP contribution in [0.2, 0.25) is 0 Å². The van der Waals surface area contributed by atoms with Crippen LogP contribution >= 0.6 is 0 Å². The molecule has 1 rings (SSSR count). The molecule has 1 saturated carbocycles. The Hall–Kier alpha value is -0.0800. The number of hydrogen-bond donors (Lipinski definition) is 1. The van der Waals surface area contributed by atoms with Crippen molar-refractivity contribution in [2.45, 2.75) is 45.3 Å². The molecule has 3 atom stereocenters. The van der Waals surface area contributed by atoms with Crippen LogP contribution in [0.25, 0.3) is 0 Å². The minimum atomic E-state index is -0.115. The van der Waals surface area contributed by atoms with E-state index < -0.39 is 0 Å². The summed E-state index contributed by atoms with van der Waals surface area (Å²) in [7, 11) is 4.12. The Kier molecular flexibility index (Phi) is 3.74. The standard InChI is InChI=1S/C11H23NO/c1-8(2)9-5-6-10(12(3)4)11(13)7-9/h8-11,13H,5-7H2,1-4H3/t9-,10+,11-/m0/s1. The Labute approximate surface area is 81.9 Å². The van der Waals surface area contributed by atoms with Crippen molar-refractivity contribution in [2.24, 2.45) is 11.8 Å². The van der Waals surface area contributed by atoms with Crippen molar-refractivity contribution in [1.29, 1.82) is 0 Å². The highest BCUT2D eigenvalue weighted by Gasteiger charge is 2.31. The molecule has 0 spiro atoms. The molecule has 0 aliphatic heterocycles. The summed E-state index contributed by atoms with van der Waals surface area (Å²) < 4.78 is 0. The van der Waals surface area contributed by atoms with Gasteiger partial charge in [-0.25, -0.2) is 0 Å². The van der Waals surface area contributed by atoms with Crippen LogP contribution in [0.15, 0.2) is 0 Å². The van der Waals surface area contributed by atoms with E-state index in [0.29, 0.717) is 6.04 Å². The van der Waals surface area contributed by atoms with Crippen molar-refractivity contribution in [3.05, 3.63) is 0 Å². The second-order valence-corrected chi connectivity index (χ2v) is 4.92. The average Bonchev–Trinajstić information content (AvgIpc) is 2.03. The predicted molar refractivity (Wildman–Crippen MR) is 55.7 cm³/mol. The average molecular weight is 185 g/mol. The Morgan fingerprint density at radius 3 is 2.23 bits per heavy atom. The van der Waals surface area contributed by atoms with Gasteiger partial charge in [0.05, 0.1) is 6.10 Å². The number of hydrogen-bond acceptors (Lipinski definition) is 2. The van der Waals surface area contributed by atoms with Crippen molar-refractivity contribution in [3.63, 3.8) is 0 Å². The lowest BCUT2D eigenvalue weighted by atomic mass is 9.78. The number of aliphatic hydroxyl groups is 1. The van der Waals surface area contributed by atoms with E-state index in [1.165, 1.54) is 6.42 Å². The van der Waals surface area contributed by atoms with Crippen LogP contribution in [0, 0.1) is 11.8 Å². The van der Waals surface area contributed by atoms with Crippen molar-refractivity contribution < 1.29 is 5.11 Å². The zero-order valence-corrected chi connectivity index (χ0v) is 9.33. The minimum absolute atomic E-state index is 0.115. The highest BCUT2D eigenvalue weighted by molar-refractivity contribution is 4.85. The van der Waals surface area contributed by atoms with Gasteiger partial charge in [0.1, 0.15) is 0 Å². The Morgan fingerprint density at radius 1 is 1.23 bits per heavy atom. The van der Waals surface area contributed by atoms with Gasteiger partial charge in [-0.1, -0.05) is 13.8 Å². The van der Waals surface area contributed by atoms with Crippen molar-refractivity contribution in [3.8, 4) is 0 Å². The highest BCUT2D eigenvalue weighted by atomic mass is 16.3. The molecule has 0 aromatic heterocycles. The summed E-state index contributed by atoms with van der Waals surface area (Å²) in [5.41, 5.74) is 0. The van der Waals surface area contributed by atoms with Crippen LogP contribution in [-0.4, -0.2) is 36.2 Å². The Balaban J connectivity index is 2.46. The molecule has 0 bridgehead atoms. The van der Waals surface area contributed by atoms with Crippen molar-refractivity contribution in [2.75, 3.05) is 14.1 Å². The first kappa shape index (κ1) is 11.0. The third-order valence-electron chi connectivity index (χ3n) is 3.43. The van der Waals surface area contributed by atoms with Crippen LogP contribution in [0.4, 0.5) is 0 Å². The van der Waals surface area contributed by atoms with Crippen molar-refractivity contribution >= 4 is 0 Å². The van der Waals surface area contributed by atoms with E-state index in [4.69, 9.17) is 0 Å². The zero-order chi connectivity index (χ0) is 10.0. The molecule has 0 aromatic carbocycles. The maximum absolute atomic E-state index is 9.92. The lowest BCUT2D eigenvalue weighted by Gasteiger charge is -2.38. The highest BCUT2D eigenvalue weighted by Crippen LogP contribution is 2.31. The van der Waals surface area contributed by atoms with Crippen LogP contribution in [-0.2, 0) is 0 Å². The molecule has 1 aliphatic carbocycles. The summed E-state index contributed by atoms with van der Waals surface area (Å²) >= 11 is 0. The molecule has 2 nitrogen and oxygen atoms in total. The maximum Gasteiger partial charge on any atom is 0.0697 e. The third kappa shape index (κ3) is 2.68. The number of nitrogens with zero attached hydrogens (tertiary/aromatic N) is 1. The van der Waals surface area contributed by atoms with Crippen LogP contribution < -0.4 is 0 Å². The summed E-state index contributed by atoms with van der Waals surface area (Å²) in [5, 5.41) is 9.92. The molecule has 1 fully saturated rings. The van der Waals surface area contributed by atoms with Gasteiger partial charge in [-0.3, -0.25) is 0 Å². The van der Waals surface area contributed by atoms with Gasteiger partial charge < -0.3 is 10.0 Å². The SMILES string of the molecule is CC(C)[C@H]1CC[C@@H](N(C)C)[C@@H](O)C1. The summed E-state index contributed by atoms with van der Waals surface area (Å²) in [5.74, 6) is 1.45. The molecule has 0 aromatic rings. The zero-order valence-electron chi connectivity index (χ0n) is 9.33. The summed E-state index contributed by atoms with van der Waals surface area (Å²) in [6.45, 7) is 4.51. The first-order valence-corrected chi connectivity index (χ1v) is 5.37. The van der Waals surface area contributed by atoms with E-state index in [1.54, 1.807) is 0 Å². The van der Waals surface area contributed by atoms with Gasteiger partial charge in [0, 0.05) is 6.04 Å². The van der Waals surface area contributed by atoms with Gasteiger partial charge in [-0.15, -0.1) is 0 Å². The van der Waals surface area contributed by atoms with E-state index in [9.17, 15) is 5.11 Å². The third-order valence-corrected chi connectivity index (χ3v) is 3.43. The van der Waals surface area contributed by atoms with Crippen LogP contribution in [0.3, 0.4) is 0 Å². The summed E-state index contributed by atoms with van der Waals surface area (Å²) in [6, 6.07) is 0.384. The second kappa shape index (κ2) is 4.43. The fourth-order valence-electron chi connectivity index (χ4n) is 2.37. The normalized spacial score (nSPS) is 35.8. The molecule has 78 valence electrons. The number of likely N-dealkylation sites (N-methyl/N-ethyl adjacent to an activating group) is 1. The Bertz CT molecular complexity index is 156. The predicted octanol–water partition coefficient (Wildman–Crippen LogP) is 1.73. The van der Waals surface area contributed by atoms with E-state index in [0.717, 1.165) is 24.7 Å². The van der Waals surface area contributed by atoms with Gasteiger partial charge in [0.15, 0.2) is 0 Å². The fraction of sp³-hybridized carbons (Fsp3) is 1.00. The first-order valence-electron chi connectivity index (χ1n) is 5.37. The second-order valence-electron chi connectivity index (χ2n) is 4.92. The summed E-state index contributed by atoms with van der Waals surface area (Å²) in [6.07, 6.45) is 3.30. The molecule has 0 heterocycles. The number of rotatable bonds is 2. The van der Waals surface area contributed by atoms with E-state index >= 15 is 0 Å². The monoisotopic (exact) mass is 185 g/mol. The fourth-order valence-corrected chi connectivity index (χ4v) is 2.37. The minimum Gasteiger partial charge on any atom is -0.391 e. The quantitative estimate of drug-likeness (QED) is 0.708. The Morgan fingerprint density at radius 2 is 1.85 bits per heavy atom. The lowest BCUT2D eigenvalue weighted by Crippen LogP contribution is -2.44. The molecule has 1 aliphatic rings. The molecular formula is C11H23NO. The molecule has 0 unspecified atom stereocenters. The van der Waals surface area contributed by atoms with E-state index in [2.05, 4.69) is 32.8 Å².